The maximum atomic E-state index is 11.9. The van der Waals surface area contributed by atoms with Gasteiger partial charge < -0.3 is 10.1 Å². The largest absolute Gasteiger partial charge is 0.369 e. The zero-order valence-corrected chi connectivity index (χ0v) is 9.76. The molecule has 1 amide bonds. The van der Waals surface area contributed by atoms with Crippen molar-refractivity contribution < 1.29 is 9.53 Å². The van der Waals surface area contributed by atoms with Crippen LogP contribution in [0.2, 0.25) is 0 Å². The van der Waals surface area contributed by atoms with Crippen LogP contribution in [0, 0.1) is 5.92 Å². The summed E-state index contributed by atoms with van der Waals surface area (Å²) in [4.78, 5) is 11.9. The third kappa shape index (κ3) is 2.34. The maximum Gasteiger partial charge on any atom is 0.251 e. The third-order valence-electron chi connectivity index (χ3n) is 3.71. The molecule has 0 bridgehead atoms. The van der Waals surface area contributed by atoms with E-state index in [0.717, 1.165) is 12.1 Å². The molecule has 1 N–H and O–H groups in total. The summed E-state index contributed by atoms with van der Waals surface area (Å²) in [7, 11) is 0. The molecule has 1 heterocycles. The zero-order chi connectivity index (χ0) is 11.7. The lowest BCUT2D eigenvalue weighted by atomic mass is 9.89. The number of epoxide rings is 1. The van der Waals surface area contributed by atoms with Crippen LogP contribution in [0.25, 0.3) is 0 Å². The van der Waals surface area contributed by atoms with Gasteiger partial charge in [-0.3, -0.25) is 4.79 Å². The van der Waals surface area contributed by atoms with Gasteiger partial charge >= 0.3 is 0 Å². The summed E-state index contributed by atoms with van der Waals surface area (Å²) < 4.78 is 5.58. The van der Waals surface area contributed by atoms with Crippen LogP contribution in [0.1, 0.15) is 29.6 Å². The molecule has 3 heteroatoms. The summed E-state index contributed by atoms with van der Waals surface area (Å²) in [6.07, 6.45) is 4.51. The van der Waals surface area contributed by atoms with E-state index in [9.17, 15) is 4.79 Å². The molecule has 2 aliphatic rings. The number of ether oxygens (including phenoxy) is 1. The van der Waals surface area contributed by atoms with Crippen molar-refractivity contribution in [2.75, 3.05) is 6.54 Å². The molecule has 1 aliphatic heterocycles. The Labute approximate surface area is 101 Å². The van der Waals surface area contributed by atoms with Gasteiger partial charge in [0.1, 0.15) is 0 Å². The van der Waals surface area contributed by atoms with Gasteiger partial charge in [-0.2, -0.15) is 0 Å². The predicted octanol–water partition coefficient (Wildman–Crippen LogP) is 1.98. The summed E-state index contributed by atoms with van der Waals surface area (Å²) in [6.45, 7) is 0.745. The van der Waals surface area contributed by atoms with E-state index in [0.29, 0.717) is 18.1 Å². The Kier molecular flexibility index (Phi) is 2.85. The number of carbonyl (C=O) groups excluding carboxylic acids is 1. The molecule has 0 spiro atoms. The fraction of sp³-hybridized carbons (Fsp3) is 0.500. The molecule has 1 aromatic carbocycles. The van der Waals surface area contributed by atoms with E-state index in [4.69, 9.17) is 4.74 Å². The van der Waals surface area contributed by atoms with E-state index in [1.807, 2.05) is 30.3 Å². The van der Waals surface area contributed by atoms with E-state index in [-0.39, 0.29) is 5.91 Å². The second-order valence-electron chi connectivity index (χ2n) is 4.91. The molecule has 0 radical (unpaired) electrons. The fourth-order valence-electron chi connectivity index (χ4n) is 2.68. The van der Waals surface area contributed by atoms with Crippen LogP contribution in [0.3, 0.4) is 0 Å². The Balaban J connectivity index is 1.52. The summed E-state index contributed by atoms with van der Waals surface area (Å²) >= 11 is 0. The number of nitrogens with one attached hydrogen (secondary N) is 1. The highest BCUT2D eigenvalue weighted by atomic mass is 16.6. The van der Waals surface area contributed by atoms with Crippen LogP contribution in [0.15, 0.2) is 30.3 Å². The third-order valence-corrected chi connectivity index (χ3v) is 3.71. The predicted molar refractivity (Wildman–Crippen MR) is 64.8 cm³/mol. The highest BCUT2D eigenvalue weighted by Crippen LogP contribution is 2.40. The number of carbonyl (C=O) groups is 1. The topological polar surface area (TPSA) is 41.6 Å². The highest BCUT2D eigenvalue weighted by Gasteiger charge is 2.46. The van der Waals surface area contributed by atoms with Crippen molar-refractivity contribution in [2.24, 2.45) is 5.92 Å². The second-order valence-corrected chi connectivity index (χ2v) is 4.91. The Morgan fingerprint density at radius 3 is 2.94 bits per heavy atom. The molecule has 1 unspecified atom stereocenters. The number of benzene rings is 1. The first-order valence-corrected chi connectivity index (χ1v) is 6.33. The zero-order valence-electron chi connectivity index (χ0n) is 9.76. The van der Waals surface area contributed by atoms with Crippen LogP contribution in [-0.2, 0) is 4.74 Å². The van der Waals surface area contributed by atoms with Gasteiger partial charge in [0.15, 0.2) is 0 Å². The van der Waals surface area contributed by atoms with Gasteiger partial charge in [0, 0.05) is 18.0 Å². The highest BCUT2D eigenvalue weighted by molar-refractivity contribution is 5.94. The van der Waals surface area contributed by atoms with Crippen molar-refractivity contribution in [3.63, 3.8) is 0 Å². The summed E-state index contributed by atoms with van der Waals surface area (Å²) in [5, 5.41) is 3.01. The van der Waals surface area contributed by atoms with Crippen LogP contribution < -0.4 is 5.32 Å². The number of amides is 1. The Morgan fingerprint density at radius 2 is 2.12 bits per heavy atom. The van der Waals surface area contributed by atoms with E-state index < -0.39 is 0 Å². The first kappa shape index (κ1) is 10.8. The SMILES string of the molecule is O=C(NCC1CCC[C@H]2O[C@@H]12)c1ccccc1. The molecule has 90 valence electrons. The summed E-state index contributed by atoms with van der Waals surface area (Å²) in [5.41, 5.74) is 0.733. The lowest BCUT2D eigenvalue weighted by Gasteiger charge is -2.18. The molecular weight excluding hydrogens is 214 g/mol. The fourth-order valence-corrected chi connectivity index (χ4v) is 2.68. The number of hydrogen-bond donors (Lipinski definition) is 1. The van der Waals surface area contributed by atoms with Crippen LogP contribution in [0.4, 0.5) is 0 Å². The Morgan fingerprint density at radius 1 is 1.29 bits per heavy atom. The molecule has 0 aromatic heterocycles. The molecule has 3 nitrogen and oxygen atoms in total. The van der Waals surface area contributed by atoms with E-state index >= 15 is 0 Å². The van der Waals surface area contributed by atoms with Gasteiger partial charge in [0.25, 0.3) is 5.91 Å². The van der Waals surface area contributed by atoms with Gasteiger partial charge in [-0.15, -0.1) is 0 Å². The van der Waals surface area contributed by atoms with Crippen molar-refractivity contribution >= 4 is 5.91 Å². The summed E-state index contributed by atoms with van der Waals surface area (Å²) in [5.74, 6) is 0.537. The van der Waals surface area contributed by atoms with E-state index in [2.05, 4.69) is 5.32 Å². The minimum absolute atomic E-state index is 0.0216. The molecular formula is C14H17NO2. The van der Waals surface area contributed by atoms with Crippen molar-refractivity contribution in [1.29, 1.82) is 0 Å². The molecule has 3 rings (SSSR count). The molecule has 17 heavy (non-hydrogen) atoms. The van der Waals surface area contributed by atoms with E-state index in [1.165, 1.54) is 19.3 Å². The van der Waals surface area contributed by atoms with Gasteiger partial charge in [-0.1, -0.05) is 24.6 Å². The van der Waals surface area contributed by atoms with Gasteiger partial charge in [0.05, 0.1) is 12.2 Å². The second kappa shape index (κ2) is 4.49. The molecule has 1 aliphatic carbocycles. The average Bonchev–Trinajstić information content (AvgIpc) is 3.16. The average molecular weight is 231 g/mol. The normalized spacial score (nSPS) is 30.5. The lowest BCUT2D eigenvalue weighted by Crippen LogP contribution is -2.33. The monoisotopic (exact) mass is 231 g/mol. The quantitative estimate of drug-likeness (QED) is 0.808. The van der Waals surface area contributed by atoms with Gasteiger partial charge in [-0.05, 0) is 25.0 Å². The molecule has 1 saturated heterocycles. The lowest BCUT2D eigenvalue weighted by molar-refractivity contribution is 0.0943. The molecule has 1 aromatic rings. The minimum atomic E-state index is 0.0216. The van der Waals surface area contributed by atoms with Gasteiger partial charge in [0.2, 0.25) is 0 Å². The number of fused-ring (bicyclic) bond motifs is 1. The van der Waals surface area contributed by atoms with Crippen molar-refractivity contribution in [3.8, 4) is 0 Å². The van der Waals surface area contributed by atoms with E-state index in [1.54, 1.807) is 0 Å². The van der Waals surface area contributed by atoms with Crippen molar-refractivity contribution in [1.82, 2.24) is 5.32 Å². The number of hydrogen-bond acceptors (Lipinski definition) is 2. The smallest absolute Gasteiger partial charge is 0.251 e. The van der Waals surface area contributed by atoms with Crippen molar-refractivity contribution in [3.05, 3.63) is 35.9 Å². The first-order valence-electron chi connectivity index (χ1n) is 6.33. The summed E-state index contributed by atoms with van der Waals surface area (Å²) in [6, 6.07) is 9.37. The van der Waals surface area contributed by atoms with Crippen molar-refractivity contribution in [2.45, 2.75) is 31.5 Å². The standard InChI is InChI=1S/C14H17NO2/c16-14(10-5-2-1-3-6-10)15-9-11-7-4-8-12-13(11)17-12/h1-3,5-6,11-13H,4,7-9H2,(H,15,16)/t11?,12-,13+/m1/s1. The van der Waals surface area contributed by atoms with Crippen LogP contribution in [0.5, 0.6) is 0 Å². The minimum Gasteiger partial charge on any atom is -0.369 e. The molecule has 1 saturated carbocycles. The Hall–Kier alpha value is -1.35. The molecule has 2 fully saturated rings. The Bertz CT molecular complexity index is 404. The molecule has 3 atom stereocenters. The maximum absolute atomic E-state index is 11.9. The van der Waals surface area contributed by atoms with Crippen LogP contribution in [-0.4, -0.2) is 24.7 Å². The first-order chi connectivity index (χ1) is 8.34. The number of rotatable bonds is 3. The van der Waals surface area contributed by atoms with Crippen LogP contribution >= 0.6 is 0 Å². The van der Waals surface area contributed by atoms with Gasteiger partial charge in [-0.25, -0.2) is 0 Å².